The number of nitrogens with zero attached hydrogens (tertiary/aromatic N) is 1. The van der Waals surface area contributed by atoms with Crippen LogP contribution in [0.15, 0.2) is 15.2 Å². The average molecular weight is 331 g/mol. The monoisotopic (exact) mass is 330 g/mol. The van der Waals surface area contributed by atoms with E-state index in [1.807, 2.05) is 0 Å². The van der Waals surface area contributed by atoms with Crippen molar-refractivity contribution in [2.45, 2.75) is 51.1 Å². The van der Waals surface area contributed by atoms with Crippen molar-refractivity contribution in [1.82, 2.24) is 4.90 Å². The van der Waals surface area contributed by atoms with Gasteiger partial charge in [-0.1, -0.05) is 13.3 Å². The standard InChI is InChI=1S/C14H23BrN2S/c1-3-14(2,17-7-5-4-6-8-17)13(16)11-9-18-10-12(11)15/h9-10,13H,3-8,16H2,1-2H3. The number of thiophene rings is 1. The fourth-order valence-corrected chi connectivity index (χ4v) is 4.47. The maximum Gasteiger partial charge on any atom is 0.0498 e. The fraction of sp³-hybridized carbons (Fsp3) is 0.714. The van der Waals surface area contributed by atoms with Crippen molar-refractivity contribution in [2.24, 2.45) is 5.73 Å². The minimum Gasteiger partial charge on any atom is -0.322 e. The molecule has 18 heavy (non-hydrogen) atoms. The molecule has 1 aromatic rings. The molecule has 0 spiro atoms. The van der Waals surface area contributed by atoms with Gasteiger partial charge in [0.2, 0.25) is 0 Å². The zero-order valence-corrected chi connectivity index (χ0v) is 13.7. The van der Waals surface area contributed by atoms with Gasteiger partial charge in [0, 0.05) is 21.4 Å². The van der Waals surface area contributed by atoms with Crippen LogP contribution in [0, 0.1) is 0 Å². The van der Waals surface area contributed by atoms with Gasteiger partial charge >= 0.3 is 0 Å². The third-order valence-electron chi connectivity index (χ3n) is 4.44. The van der Waals surface area contributed by atoms with E-state index in [0.29, 0.717) is 0 Å². The third-order valence-corrected chi connectivity index (χ3v) is 6.19. The summed E-state index contributed by atoms with van der Waals surface area (Å²) >= 11 is 5.35. The molecule has 0 saturated carbocycles. The lowest BCUT2D eigenvalue weighted by Gasteiger charge is -2.46. The first-order valence-electron chi connectivity index (χ1n) is 6.82. The van der Waals surface area contributed by atoms with Crippen LogP contribution in [-0.4, -0.2) is 23.5 Å². The Hall–Kier alpha value is 0.1000. The second-order valence-electron chi connectivity index (χ2n) is 5.41. The Morgan fingerprint density at radius 3 is 2.56 bits per heavy atom. The SMILES string of the molecule is CCC(C)(C(N)c1cscc1Br)N1CCCCC1. The van der Waals surface area contributed by atoms with Crippen molar-refractivity contribution in [2.75, 3.05) is 13.1 Å². The van der Waals surface area contributed by atoms with Crippen LogP contribution in [0.4, 0.5) is 0 Å². The van der Waals surface area contributed by atoms with Crippen LogP contribution in [-0.2, 0) is 0 Å². The van der Waals surface area contributed by atoms with Gasteiger partial charge in [-0.05, 0) is 66.1 Å². The molecule has 1 aliphatic rings. The first-order valence-corrected chi connectivity index (χ1v) is 8.55. The number of likely N-dealkylation sites (tertiary alicyclic amines) is 1. The van der Waals surface area contributed by atoms with E-state index >= 15 is 0 Å². The van der Waals surface area contributed by atoms with Gasteiger partial charge in [-0.25, -0.2) is 0 Å². The number of halogens is 1. The minimum atomic E-state index is 0.0734. The molecule has 2 rings (SSSR count). The fourth-order valence-electron chi connectivity index (χ4n) is 2.89. The van der Waals surface area contributed by atoms with Crippen LogP contribution in [0.3, 0.4) is 0 Å². The number of rotatable bonds is 4. The summed E-state index contributed by atoms with van der Waals surface area (Å²) in [5, 5.41) is 4.31. The Morgan fingerprint density at radius 2 is 2.06 bits per heavy atom. The molecule has 0 aliphatic carbocycles. The lowest BCUT2D eigenvalue weighted by Crippen LogP contribution is -2.54. The zero-order chi connectivity index (χ0) is 13.2. The summed E-state index contributed by atoms with van der Waals surface area (Å²) in [4.78, 5) is 2.60. The molecule has 2 atom stereocenters. The lowest BCUT2D eigenvalue weighted by molar-refractivity contribution is 0.0542. The van der Waals surface area contributed by atoms with E-state index in [0.717, 1.165) is 10.9 Å². The van der Waals surface area contributed by atoms with Crippen molar-refractivity contribution in [3.63, 3.8) is 0 Å². The molecule has 4 heteroatoms. The molecule has 1 aromatic heterocycles. The van der Waals surface area contributed by atoms with Crippen molar-refractivity contribution >= 4 is 27.3 Å². The number of hydrogen-bond acceptors (Lipinski definition) is 3. The Labute approximate surface area is 123 Å². The highest BCUT2D eigenvalue weighted by atomic mass is 79.9. The zero-order valence-electron chi connectivity index (χ0n) is 11.3. The summed E-state index contributed by atoms with van der Waals surface area (Å²) in [6.07, 6.45) is 5.09. The molecule has 2 N–H and O–H groups in total. The van der Waals surface area contributed by atoms with Crippen LogP contribution in [0.5, 0.6) is 0 Å². The first kappa shape index (κ1) is 14.5. The summed E-state index contributed by atoms with van der Waals surface area (Å²) in [7, 11) is 0. The van der Waals surface area contributed by atoms with Crippen molar-refractivity contribution in [1.29, 1.82) is 0 Å². The molecular weight excluding hydrogens is 308 g/mol. The van der Waals surface area contributed by atoms with Gasteiger partial charge in [0.05, 0.1) is 0 Å². The normalized spacial score (nSPS) is 22.7. The van der Waals surface area contributed by atoms with E-state index in [1.54, 1.807) is 11.3 Å². The van der Waals surface area contributed by atoms with Gasteiger partial charge < -0.3 is 5.73 Å². The van der Waals surface area contributed by atoms with Gasteiger partial charge in [-0.15, -0.1) is 0 Å². The number of piperidine rings is 1. The summed E-state index contributed by atoms with van der Waals surface area (Å²) in [6, 6.07) is 0.0845. The number of nitrogens with two attached hydrogens (primary N) is 1. The molecule has 2 heterocycles. The molecule has 0 bridgehead atoms. The van der Waals surface area contributed by atoms with E-state index in [-0.39, 0.29) is 11.6 Å². The molecular formula is C14H23BrN2S. The molecule has 102 valence electrons. The molecule has 1 saturated heterocycles. The average Bonchev–Trinajstić information content (AvgIpc) is 2.84. The molecule has 1 fully saturated rings. The highest BCUT2D eigenvalue weighted by Gasteiger charge is 2.38. The van der Waals surface area contributed by atoms with Crippen molar-refractivity contribution < 1.29 is 0 Å². The van der Waals surface area contributed by atoms with Crippen LogP contribution in [0.2, 0.25) is 0 Å². The Bertz CT molecular complexity index is 387. The number of hydrogen-bond donors (Lipinski definition) is 1. The first-order chi connectivity index (χ1) is 8.59. The van der Waals surface area contributed by atoms with Crippen LogP contribution < -0.4 is 5.73 Å². The van der Waals surface area contributed by atoms with Gasteiger partial charge in [0.15, 0.2) is 0 Å². The van der Waals surface area contributed by atoms with Gasteiger partial charge in [-0.2, -0.15) is 11.3 Å². The van der Waals surface area contributed by atoms with Gasteiger partial charge in [0.1, 0.15) is 0 Å². The molecule has 1 aliphatic heterocycles. The Balaban J connectivity index is 2.22. The summed E-state index contributed by atoms with van der Waals surface area (Å²) in [6.45, 7) is 6.97. The highest BCUT2D eigenvalue weighted by molar-refractivity contribution is 9.10. The van der Waals surface area contributed by atoms with Crippen molar-refractivity contribution in [3.05, 3.63) is 20.8 Å². The molecule has 0 aromatic carbocycles. The van der Waals surface area contributed by atoms with Gasteiger partial charge in [-0.3, -0.25) is 4.90 Å². The largest absolute Gasteiger partial charge is 0.322 e. The Kier molecular flexibility index (Phi) is 4.86. The summed E-state index contributed by atoms with van der Waals surface area (Å²) in [5.74, 6) is 0. The van der Waals surface area contributed by atoms with E-state index in [4.69, 9.17) is 5.73 Å². The van der Waals surface area contributed by atoms with Crippen LogP contribution in [0.1, 0.15) is 51.1 Å². The molecule has 0 amide bonds. The second kappa shape index (κ2) is 6.04. The molecule has 2 unspecified atom stereocenters. The predicted octanol–water partition coefficient (Wildman–Crippen LogP) is 4.17. The lowest BCUT2D eigenvalue weighted by atomic mass is 9.83. The van der Waals surface area contributed by atoms with Crippen LogP contribution in [0.25, 0.3) is 0 Å². The molecule has 2 nitrogen and oxygen atoms in total. The highest BCUT2D eigenvalue weighted by Crippen LogP contribution is 2.38. The maximum atomic E-state index is 6.60. The van der Waals surface area contributed by atoms with E-state index in [2.05, 4.69) is 45.4 Å². The maximum absolute atomic E-state index is 6.60. The predicted molar refractivity (Wildman–Crippen MR) is 83.1 cm³/mol. The quantitative estimate of drug-likeness (QED) is 0.897. The van der Waals surface area contributed by atoms with Crippen molar-refractivity contribution in [3.8, 4) is 0 Å². The van der Waals surface area contributed by atoms with E-state index in [1.165, 1.54) is 37.9 Å². The van der Waals surface area contributed by atoms with Gasteiger partial charge in [0.25, 0.3) is 0 Å². The molecule has 0 radical (unpaired) electrons. The van der Waals surface area contributed by atoms with Crippen LogP contribution >= 0.6 is 27.3 Å². The van der Waals surface area contributed by atoms with E-state index in [9.17, 15) is 0 Å². The summed E-state index contributed by atoms with van der Waals surface area (Å²) in [5.41, 5.74) is 7.93. The Morgan fingerprint density at radius 1 is 1.39 bits per heavy atom. The topological polar surface area (TPSA) is 29.3 Å². The minimum absolute atomic E-state index is 0.0734. The summed E-state index contributed by atoms with van der Waals surface area (Å²) < 4.78 is 1.16. The van der Waals surface area contributed by atoms with E-state index < -0.39 is 0 Å². The second-order valence-corrected chi connectivity index (χ2v) is 7.01. The smallest absolute Gasteiger partial charge is 0.0498 e. The third kappa shape index (κ3) is 2.67.